The topological polar surface area (TPSA) is 172 Å². The van der Waals surface area contributed by atoms with Gasteiger partial charge in [0.2, 0.25) is 11.9 Å². The number of ether oxygens (including phenoxy) is 1. The third-order valence-corrected chi connectivity index (χ3v) is 12.0. The Balaban J connectivity index is 0.824. The molecule has 16 nitrogen and oxygen atoms in total. The first-order valence-electron chi connectivity index (χ1n) is 20.9. The number of hydrogen-bond donors (Lipinski definition) is 1. The fraction of sp³-hybridized carbons (Fsp3) is 0.356. The van der Waals surface area contributed by atoms with Gasteiger partial charge >= 0.3 is 0 Å². The van der Waals surface area contributed by atoms with Crippen molar-refractivity contribution >= 4 is 40.3 Å². The number of aryl methyl sites for hydroxylation is 1. The molecule has 6 bridgehead atoms. The largest absolute Gasteiger partial charge is 0.492 e. The van der Waals surface area contributed by atoms with Gasteiger partial charge in [-0.25, -0.2) is 9.50 Å². The Bertz CT molecular complexity index is 2610. The molecule has 10 rings (SSSR count). The number of amides is 2. The van der Waals surface area contributed by atoms with Crippen LogP contribution >= 0.6 is 0 Å². The lowest BCUT2D eigenvalue weighted by Gasteiger charge is -2.34. The van der Waals surface area contributed by atoms with E-state index in [0.29, 0.717) is 50.8 Å². The standard InChI is InChI=1S/C45H47N11O5/c1-29(2)38-21-39(41(51-60)22-40(38)50-59)44(58)54-26-33-5-4-30(20-34(33)27-54)25-52-16-12-32(13-17-52)43(57)53-14-3-15-55-28-35(23-47-55)48-45-46-24-36-8-11-42(56(36)49-45)31-6-9-37(10-7-31)61-19-18-53/h4-11,20-24,28-29,32H,3,12-19,25-27H2,1-2H3,(H,48,49). The van der Waals surface area contributed by atoms with E-state index >= 15 is 0 Å². The average Bonchev–Trinajstić information content (AvgIpc) is 4.03. The Morgan fingerprint density at radius 2 is 1.66 bits per heavy atom. The number of nitrogens with one attached hydrogen (secondary N) is 1. The van der Waals surface area contributed by atoms with E-state index in [2.05, 4.69) is 48.9 Å². The molecule has 3 aromatic carbocycles. The number of benzene rings is 3. The van der Waals surface area contributed by atoms with Gasteiger partial charge in [-0.15, -0.1) is 14.9 Å². The lowest BCUT2D eigenvalue weighted by atomic mass is 9.94. The SMILES string of the molecule is CC(C)c1cc(C(=O)N2Cc3ccc(CN4CCC(C(=O)N5CCCn6cc(cn6)Nc6ncc7ccc(n7n6)-c6ccc(cc6)OCC5)CC4)cc3C2)c(N=O)cc1N=O. The summed E-state index contributed by atoms with van der Waals surface area (Å²) in [6.45, 7) is 9.05. The summed E-state index contributed by atoms with van der Waals surface area (Å²) in [6, 6.07) is 21.2. The van der Waals surface area contributed by atoms with Crippen LogP contribution in [0.5, 0.6) is 5.75 Å². The molecule has 1 saturated heterocycles. The predicted molar refractivity (Wildman–Crippen MR) is 230 cm³/mol. The van der Waals surface area contributed by atoms with Gasteiger partial charge in [-0.3, -0.25) is 19.2 Å². The number of piperidine rings is 1. The van der Waals surface area contributed by atoms with E-state index in [0.717, 1.165) is 83.8 Å². The van der Waals surface area contributed by atoms with Crippen molar-refractivity contribution in [1.82, 2.24) is 39.1 Å². The molecule has 2 amide bonds. The highest BCUT2D eigenvalue weighted by atomic mass is 16.5. The number of carbonyl (C=O) groups excluding carboxylic acids is 2. The van der Waals surface area contributed by atoms with Crippen LogP contribution < -0.4 is 10.1 Å². The summed E-state index contributed by atoms with van der Waals surface area (Å²) >= 11 is 0. The molecule has 4 aliphatic heterocycles. The number of anilines is 2. The number of carbonyl (C=O) groups is 2. The van der Waals surface area contributed by atoms with Crippen LogP contribution in [0.4, 0.5) is 23.0 Å². The number of likely N-dealkylation sites (tertiary alicyclic amines) is 1. The molecule has 0 atom stereocenters. The van der Waals surface area contributed by atoms with Crippen LogP contribution in [0.2, 0.25) is 0 Å². The Labute approximate surface area is 352 Å². The molecule has 7 heterocycles. The van der Waals surface area contributed by atoms with Crippen molar-refractivity contribution < 1.29 is 14.3 Å². The summed E-state index contributed by atoms with van der Waals surface area (Å²) in [4.78, 5) is 61.5. The molecule has 312 valence electrons. The number of fused-ring (bicyclic) bond motifs is 9. The second kappa shape index (κ2) is 17.0. The zero-order chi connectivity index (χ0) is 42.0. The second-order valence-electron chi connectivity index (χ2n) is 16.4. The summed E-state index contributed by atoms with van der Waals surface area (Å²) in [6.07, 6.45) is 7.73. The van der Waals surface area contributed by atoms with E-state index in [1.165, 1.54) is 6.07 Å². The van der Waals surface area contributed by atoms with Crippen molar-refractivity contribution in [2.24, 2.45) is 16.3 Å². The van der Waals surface area contributed by atoms with Crippen LogP contribution in [-0.2, 0) is 31.0 Å². The van der Waals surface area contributed by atoms with Gasteiger partial charge in [-0.05, 0) is 119 Å². The van der Waals surface area contributed by atoms with Crippen molar-refractivity contribution in [3.8, 4) is 17.0 Å². The summed E-state index contributed by atoms with van der Waals surface area (Å²) < 4.78 is 9.93. The zero-order valence-corrected chi connectivity index (χ0v) is 34.2. The molecule has 4 aliphatic rings. The first kappa shape index (κ1) is 39.6. The average molecular weight is 822 g/mol. The van der Waals surface area contributed by atoms with Gasteiger partial charge in [0.15, 0.2) is 0 Å². The first-order chi connectivity index (χ1) is 29.7. The fourth-order valence-electron chi connectivity index (χ4n) is 8.71. The summed E-state index contributed by atoms with van der Waals surface area (Å²) in [5, 5.41) is 18.7. The van der Waals surface area contributed by atoms with Crippen molar-refractivity contribution in [1.29, 1.82) is 0 Å². The Morgan fingerprint density at radius 3 is 2.44 bits per heavy atom. The summed E-state index contributed by atoms with van der Waals surface area (Å²) in [5.74, 6) is 0.916. The molecule has 61 heavy (non-hydrogen) atoms. The number of aromatic nitrogens is 5. The molecule has 0 radical (unpaired) electrons. The molecule has 16 heteroatoms. The van der Waals surface area contributed by atoms with Crippen LogP contribution in [0.15, 0.2) is 95.7 Å². The maximum atomic E-state index is 14.2. The molecule has 0 spiro atoms. The maximum Gasteiger partial charge on any atom is 0.256 e. The van der Waals surface area contributed by atoms with Crippen LogP contribution in [0.3, 0.4) is 0 Å². The first-order valence-corrected chi connectivity index (χ1v) is 20.9. The van der Waals surface area contributed by atoms with Crippen molar-refractivity contribution in [3.63, 3.8) is 0 Å². The van der Waals surface area contributed by atoms with E-state index in [1.807, 2.05) is 70.5 Å². The molecule has 3 aromatic heterocycles. The smallest absolute Gasteiger partial charge is 0.256 e. The number of rotatable bonds is 7. The van der Waals surface area contributed by atoms with Gasteiger partial charge in [0.05, 0.1) is 41.4 Å². The summed E-state index contributed by atoms with van der Waals surface area (Å²) in [5.41, 5.74) is 7.68. The van der Waals surface area contributed by atoms with E-state index in [-0.39, 0.29) is 40.6 Å². The fourth-order valence-corrected chi connectivity index (χ4v) is 8.71. The minimum Gasteiger partial charge on any atom is -0.492 e. The third-order valence-electron chi connectivity index (χ3n) is 12.0. The molecule has 0 aliphatic carbocycles. The van der Waals surface area contributed by atoms with Gasteiger partial charge in [-0.1, -0.05) is 32.0 Å². The molecule has 6 aromatic rings. The molecule has 1 N–H and O–H groups in total. The molecular formula is C45H47N11O5. The highest BCUT2D eigenvalue weighted by Crippen LogP contribution is 2.36. The number of nitroso groups, excluding NO2 is 2. The van der Waals surface area contributed by atoms with Crippen LogP contribution in [0.1, 0.15) is 71.6 Å². The number of hydrogen-bond acceptors (Lipinski definition) is 12. The minimum absolute atomic E-state index is 0.0638. The van der Waals surface area contributed by atoms with E-state index in [9.17, 15) is 19.4 Å². The van der Waals surface area contributed by atoms with Crippen LogP contribution in [-0.4, -0.2) is 83.7 Å². The lowest BCUT2D eigenvalue weighted by Crippen LogP contribution is -2.44. The van der Waals surface area contributed by atoms with Crippen molar-refractivity contribution in [3.05, 3.63) is 123 Å². The Hall–Kier alpha value is -6.81. The monoisotopic (exact) mass is 821 g/mol. The van der Waals surface area contributed by atoms with Crippen LogP contribution in [0, 0.1) is 15.7 Å². The van der Waals surface area contributed by atoms with E-state index in [4.69, 9.17) is 9.84 Å². The van der Waals surface area contributed by atoms with E-state index in [1.54, 1.807) is 23.4 Å². The van der Waals surface area contributed by atoms with Gasteiger partial charge in [0, 0.05) is 50.4 Å². The lowest BCUT2D eigenvalue weighted by molar-refractivity contribution is -0.137. The van der Waals surface area contributed by atoms with E-state index < -0.39 is 0 Å². The number of nitrogens with zero attached hydrogens (tertiary/aromatic N) is 10. The zero-order valence-electron chi connectivity index (χ0n) is 34.2. The molecule has 0 unspecified atom stereocenters. The quantitative estimate of drug-likeness (QED) is 0.156. The van der Waals surface area contributed by atoms with Crippen LogP contribution in [0.25, 0.3) is 16.8 Å². The van der Waals surface area contributed by atoms with Gasteiger partial charge in [0.25, 0.3) is 5.91 Å². The van der Waals surface area contributed by atoms with Crippen molar-refractivity contribution in [2.45, 2.75) is 65.2 Å². The third kappa shape index (κ3) is 8.35. The Morgan fingerprint density at radius 1 is 0.852 bits per heavy atom. The predicted octanol–water partition coefficient (Wildman–Crippen LogP) is 7.93. The highest BCUT2D eigenvalue weighted by Gasteiger charge is 2.31. The Kier molecular flexibility index (Phi) is 11.1. The minimum atomic E-state index is -0.304. The molecular weight excluding hydrogens is 775 g/mol. The summed E-state index contributed by atoms with van der Waals surface area (Å²) in [7, 11) is 0. The van der Waals surface area contributed by atoms with Gasteiger partial charge in [0.1, 0.15) is 23.7 Å². The second-order valence-corrected chi connectivity index (χ2v) is 16.4. The van der Waals surface area contributed by atoms with Crippen molar-refractivity contribution in [2.75, 3.05) is 38.1 Å². The van der Waals surface area contributed by atoms with Gasteiger partial charge in [-0.2, -0.15) is 5.10 Å². The normalized spacial score (nSPS) is 16.2. The highest BCUT2D eigenvalue weighted by molar-refractivity contribution is 6.00. The maximum absolute atomic E-state index is 14.2. The molecule has 0 saturated carbocycles. The molecule has 1 fully saturated rings. The van der Waals surface area contributed by atoms with Gasteiger partial charge < -0.3 is 19.9 Å².